The molecule has 1 fully saturated rings. The van der Waals surface area contributed by atoms with Crippen LogP contribution in [-0.4, -0.2) is 67.2 Å². The van der Waals surface area contributed by atoms with Gasteiger partial charge < -0.3 is 15.5 Å². The summed E-state index contributed by atoms with van der Waals surface area (Å²) in [5, 5.41) is 22.3. The summed E-state index contributed by atoms with van der Waals surface area (Å²) in [5.41, 5.74) is 3.10. The molecule has 0 aromatic carbocycles. The summed E-state index contributed by atoms with van der Waals surface area (Å²) >= 11 is 0. The van der Waals surface area contributed by atoms with Crippen LogP contribution in [0.3, 0.4) is 0 Å². The Balaban J connectivity index is 0.000000257. The number of piperidine rings is 1. The van der Waals surface area contributed by atoms with Crippen molar-refractivity contribution < 1.29 is 46.1 Å². The van der Waals surface area contributed by atoms with Gasteiger partial charge in [0.05, 0.1) is 0 Å². The van der Waals surface area contributed by atoms with Gasteiger partial charge in [-0.2, -0.15) is 31.4 Å². The van der Waals surface area contributed by atoms with Crippen LogP contribution in [0, 0.1) is 0 Å². The number of rotatable bonds is 2. The van der Waals surface area contributed by atoms with E-state index in [1.165, 1.54) is 12.8 Å². The SMILES string of the molecule is O=C(O)C(F)(F)F.O=C(O)C(F)(F)F.c1cncc(-c2ccc3nc(C4CCCNC4)nn3c2)c1. The number of carboxylic acid groups (broad SMARTS) is 2. The number of hydrogen-bond acceptors (Lipinski definition) is 6. The maximum absolute atomic E-state index is 10.6. The van der Waals surface area contributed by atoms with Gasteiger partial charge in [0.1, 0.15) is 0 Å². The third-order valence-electron chi connectivity index (χ3n) is 4.49. The van der Waals surface area contributed by atoms with Crippen molar-refractivity contribution in [2.45, 2.75) is 31.1 Å². The van der Waals surface area contributed by atoms with E-state index in [1.807, 2.05) is 29.0 Å². The summed E-state index contributed by atoms with van der Waals surface area (Å²) in [6.07, 6.45) is -2.13. The Hall–Kier alpha value is -3.75. The number of aromatic nitrogens is 4. The quantitative estimate of drug-likeness (QED) is 0.450. The van der Waals surface area contributed by atoms with E-state index in [2.05, 4.69) is 32.5 Å². The van der Waals surface area contributed by atoms with E-state index in [0.717, 1.165) is 35.7 Å². The number of alkyl halides is 6. The van der Waals surface area contributed by atoms with E-state index in [-0.39, 0.29) is 0 Å². The number of fused-ring (bicyclic) bond motifs is 1. The molecule has 0 bridgehead atoms. The number of halogens is 6. The zero-order valence-electron chi connectivity index (χ0n) is 17.7. The van der Waals surface area contributed by atoms with Crippen LogP contribution >= 0.6 is 0 Å². The summed E-state index contributed by atoms with van der Waals surface area (Å²) in [7, 11) is 0. The monoisotopic (exact) mass is 507 g/mol. The molecule has 3 aromatic heterocycles. The zero-order chi connectivity index (χ0) is 26.2. The Labute approximate surface area is 193 Å². The summed E-state index contributed by atoms with van der Waals surface area (Å²) in [4.78, 5) is 26.6. The number of nitrogens with one attached hydrogen (secondary N) is 1. The van der Waals surface area contributed by atoms with Crippen molar-refractivity contribution in [2.24, 2.45) is 0 Å². The number of carboxylic acids is 2. The van der Waals surface area contributed by atoms with Crippen LogP contribution < -0.4 is 5.32 Å². The lowest BCUT2D eigenvalue weighted by Crippen LogP contribution is -2.28. The van der Waals surface area contributed by atoms with Crippen LogP contribution in [0.5, 0.6) is 0 Å². The first-order valence-electron chi connectivity index (χ1n) is 9.86. The standard InChI is InChI=1S/C16H17N5.2C2HF3O2/c1-3-12(9-17-7-1)14-5-6-15-19-16(20-21(15)11-14)13-4-2-8-18-10-13;2*3-2(4,5)1(6)7/h1,3,5-7,9,11,13,18H,2,4,8,10H2;2*(H,6,7). The molecule has 1 saturated heterocycles. The Morgan fingerprint density at radius 2 is 1.63 bits per heavy atom. The molecule has 1 aliphatic rings. The first-order chi connectivity index (χ1) is 16.3. The van der Waals surface area contributed by atoms with Gasteiger partial charge in [-0.3, -0.25) is 4.98 Å². The minimum Gasteiger partial charge on any atom is -0.475 e. The Kier molecular flexibility index (Phi) is 9.11. The number of hydrogen-bond donors (Lipinski definition) is 3. The van der Waals surface area contributed by atoms with Crippen molar-refractivity contribution in [3.05, 3.63) is 48.7 Å². The average molecular weight is 507 g/mol. The van der Waals surface area contributed by atoms with Crippen LogP contribution in [0.1, 0.15) is 24.6 Å². The molecule has 4 heterocycles. The van der Waals surface area contributed by atoms with Gasteiger partial charge in [-0.05, 0) is 37.6 Å². The van der Waals surface area contributed by atoms with E-state index in [1.54, 1.807) is 6.20 Å². The third-order valence-corrected chi connectivity index (χ3v) is 4.49. The fourth-order valence-corrected chi connectivity index (χ4v) is 2.85. The van der Waals surface area contributed by atoms with Gasteiger partial charge in [0, 0.05) is 42.2 Å². The molecule has 3 N–H and O–H groups in total. The van der Waals surface area contributed by atoms with Crippen molar-refractivity contribution in [2.75, 3.05) is 13.1 Å². The predicted molar refractivity (Wildman–Crippen MR) is 108 cm³/mol. The highest BCUT2D eigenvalue weighted by Gasteiger charge is 2.38. The molecule has 0 spiro atoms. The van der Waals surface area contributed by atoms with E-state index in [9.17, 15) is 26.3 Å². The number of nitrogens with zero attached hydrogens (tertiary/aromatic N) is 4. The van der Waals surface area contributed by atoms with E-state index < -0.39 is 24.3 Å². The van der Waals surface area contributed by atoms with Gasteiger partial charge in [-0.15, -0.1) is 0 Å². The highest BCUT2D eigenvalue weighted by Crippen LogP contribution is 2.23. The minimum absolute atomic E-state index is 0.431. The number of carbonyl (C=O) groups is 2. The predicted octanol–water partition coefficient (Wildman–Crippen LogP) is 3.52. The number of aliphatic carboxylic acids is 2. The summed E-state index contributed by atoms with van der Waals surface area (Å²) in [5.74, 6) is -4.13. The second kappa shape index (κ2) is 11.6. The molecule has 15 heteroatoms. The van der Waals surface area contributed by atoms with Gasteiger partial charge in [0.2, 0.25) is 0 Å². The first-order valence-corrected chi connectivity index (χ1v) is 9.86. The molecule has 4 rings (SSSR count). The molecule has 1 atom stereocenters. The second-order valence-electron chi connectivity index (χ2n) is 7.08. The van der Waals surface area contributed by atoms with Crippen molar-refractivity contribution >= 4 is 17.6 Å². The molecule has 190 valence electrons. The Bertz CT molecular complexity index is 1100. The molecule has 0 saturated carbocycles. The molecule has 3 aromatic rings. The van der Waals surface area contributed by atoms with Crippen molar-refractivity contribution in [1.29, 1.82) is 0 Å². The molecular formula is C20H19F6N5O4. The molecule has 35 heavy (non-hydrogen) atoms. The minimum atomic E-state index is -5.08. The zero-order valence-corrected chi connectivity index (χ0v) is 17.7. The van der Waals surface area contributed by atoms with Gasteiger partial charge in [-0.25, -0.2) is 19.1 Å². The van der Waals surface area contributed by atoms with Gasteiger partial charge >= 0.3 is 24.3 Å². The Morgan fingerprint density at radius 3 is 2.11 bits per heavy atom. The molecule has 0 radical (unpaired) electrons. The molecule has 9 nitrogen and oxygen atoms in total. The van der Waals surface area contributed by atoms with Crippen molar-refractivity contribution in [3.8, 4) is 11.1 Å². The molecule has 1 aliphatic heterocycles. The molecule has 0 aliphatic carbocycles. The summed E-state index contributed by atoms with van der Waals surface area (Å²) in [6.45, 7) is 2.08. The van der Waals surface area contributed by atoms with Gasteiger partial charge in [0.25, 0.3) is 0 Å². The lowest BCUT2D eigenvalue weighted by atomic mass is 9.99. The maximum Gasteiger partial charge on any atom is 0.490 e. The lowest BCUT2D eigenvalue weighted by molar-refractivity contribution is -0.193. The maximum atomic E-state index is 10.6. The molecule has 1 unspecified atom stereocenters. The number of pyridine rings is 2. The van der Waals surface area contributed by atoms with Crippen LogP contribution in [0.25, 0.3) is 16.8 Å². The first kappa shape index (κ1) is 27.5. The van der Waals surface area contributed by atoms with Crippen molar-refractivity contribution in [1.82, 2.24) is 24.9 Å². The fraction of sp³-hybridized carbons (Fsp3) is 0.350. The van der Waals surface area contributed by atoms with Crippen molar-refractivity contribution in [3.63, 3.8) is 0 Å². The van der Waals surface area contributed by atoms with E-state index in [0.29, 0.717) is 5.92 Å². The summed E-state index contributed by atoms with van der Waals surface area (Å²) in [6, 6.07) is 8.09. The van der Waals surface area contributed by atoms with Gasteiger partial charge in [0.15, 0.2) is 11.5 Å². The van der Waals surface area contributed by atoms with Crippen LogP contribution in [0.15, 0.2) is 42.9 Å². The fourth-order valence-electron chi connectivity index (χ4n) is 2.85. The highest BCUT2D eigenvalue weighted by molar-refractivity contribution is 5.73. The van der Waals surface area contributed by atoms with Crippen LogP contribution in [0.2, 0.25) is 0 Å². The Morgan fingerprint density at radius 1 is 1.00 bits per heavy atom. The third kappa shape index (κ3) is 8.51. The summed E-state index contributed by atoms with van der Waals surface area (Å²) < 4.78 is 65.4. The lowest BCUT2D eigenvalue weighted by Gasteiger charge is -2.19. The smallest absolute Gasteiger partial charge is 0.475 e. The molecular weight excluding hydrogens is 488 g/mol. The highest BCUT2D eigenvalue weighted by atomic mass is 19.4. The normalized spacial score (nSPS) is 15.9. The molecule has 0 amide bonds. The van der Waals surface area contributed by atoms with Gasteiger partial charge in [-0.1, -0.05) is 6.07 Å². The van der Waals surface area contributed by atoms with Crippen LogP contribution in [0.4, 0.5) is 26.3 Å². The second-order valence-corrected chi connectivity index (χ2v) is 7.08. The van der Waals surface area contributed by atoms with E-state index >= 15 is 0 Å². The average Bonchev–Trinajstić information content (AvgIpc) is 3.23. The topological polar surface area (TPSA) is 130 Å². The van der Waals surface area contributed by atoms with Crippen LogP contribution in [-0.2, 0) is 9.59 Å². The van der Waals surface area contributed by atoms with E-state index in [4.69, 9.17) is 19.8 Å². The largest absolute Gasteiger partial charge is 0.490 e.